The van der Waals surface area contributed by atoms with Crippen LogP contribution in [0.2, 0.25) is 0 Å². The molecule has 0 atom stereocenters. The Hall–Kier alpha value is -3.16. The van der Waals surface area contributed by atoms with Crippen LogP contribution < -0.4 is 0 Å². The Labute approximate surface area is 132 Å². The number of benzene rings is 2. The largest absolute Gasteiger partial charge is 0.412 e. The zero-order valence-corrected chi connectivity index (χ0v) is 12.0. The van der Waals surface area contributed by atoms with E-state index in [-0.39, 0.29) is 23.5 Å². The third kappa shape index (κ3) is 8.66. The van der Waals surface area contributed by atoms with Gasteiger partial charge in [0.15, 0.2) is 0 Å². The Kier molecular flexibility index (Phi) is 12.1. The summed E-state index contributed by atoms with van der Waals surface area (Å²) in [5, 5.41) is 0. The second-order valence-corrected chi connectivity index (χ2v) is 3.71. The molecule has 0 aliphatic rings. The van der Waals surface area contributed by atoms with Crippen molar-refractivity contribution in [1.29, 1.82) is 0 Å². The van der Waals surface area contributed by atoms with Crippen LogP contribution in [0, 0.1) is 0 Å². The molecule has 0 fully saturated rings. The molecule has 0 amide bonds. The van der Waals surface area contributed by atoms with E-state index in [9.17, 15) is 19.2 Å². The molecule has 7 nitrogen and oxygen atoms in total. The predicted molar refractivity (Wildman–Crippen MR) is 82.3 cm³/mol. The fourth-order valence-corrected chi connectivity index (χ4v) is 1.41. The van der Waals surface area contributed by atoms with Crippen molar-refractivity contribution in [3.63, 3.8) is 0 Å². The van der Waals surface area contributed by atoms with Crippen molar-refractivity contribution in [2.24, 2.45) is 0 Å². The van der Waals surface area contributed by atoms with Crippen LogP contribution in [0.15, 0.2) is 60.7 Å². The first-order valence-electron chi connectivity index (χ1n) is 5.94. The topological polar surface area (TPSA) is 141 Å². The van der Waals surface area contributed by atoms with Crippen molar-refractivity contribution in [3.8, 4) is 11.1 Å². The predicted octanol–water partition coefficient (Wildman–Crippen LogP) is 0.158. The van der Waals surface area contributed by atoms with E-state index in [1.165, 1.54) is 11.1 Å². The zero-order valence-electron chi connectivity index (χ0n) is 12.0. The van der Waals surface area contributed by atoms with Gasteiger partial charge in [0, 0.05) is 0 Å². The van der Waals surface area contributed by atoms with E-state index in [4.69, 9.17) is 0 Å². The highest BCUT2D eigenvalue weighted by molar-refractivity contribution is 6.30. The summed E-state index contributed by atoms with van der Waals surface area (Å²) in [5.41, 5.74) is 2.55. The quantitative estimate of drug-likeness (QED) is 0.343. The number of aldehydes is 2. The summed E-state index contributed by atoms with van der Waals surface area (Å²) < 4.78 is 3.53. The fourth-order valence-electron chi connectivity index (χ4n) is 1.41. The highest BCUT2D eigenvalue weighted by atomic mass is 16.6. The molecular formula is C16H16O7. The molecule has 2 aromatic carbocycles. The molecule has 122 valence electrons. The van der Waals surface area contributed by atoms with Crippen LogP contribution in [0.4, 0.5) is 0 Å². The molecule has 0 heterocycles. The van der Waals surface area contributed by atoms with E-state index < -0.39 is 11.9 Å². The second kappa shape index (κ2) is 12.6. The van der Waals surface area contributed by atoms with Gasteiger partial charge in [-0.15, -0.1) is 0 Å². The fraction of sp³-hybridized carbons (Fsp3) is 0. The van der Waals surface area contributed by atoms with Gasteiger partial charge in [-0.05, 0) is 11.1 Å². The molecule has 2 aromatic rings. The monoisotopic (exact) mass is 320 g/mol. The summed E-state index contributed by atoms with van der Waals surface area (Å²) in [6.07, 6.45) is -0.414. The third-order valence-corrected chi connectivity index (χ3v) is 2.27. The highest BCUT2D eigenvalue weighted by Crippen LogP contribution is 2.17. The molecule has 0 bridgehead atoms. The Balaban J connectivity index is 0. The highest BCUT2D eigenvalue weighted by Gasteiger charge is 2.05. The van der Waals surface area contributed by atoms with E-state index in [0.29, 0.717) is 0 Å². The number of hydrogen-bond acceptors (Lipinski definition) is 5. The molecule has 7 heteroatoms. The summed E-state index contributed by atoms with van der Waals surface area (Å²) in [6, 6.07) is 20.8. The molecule has 2 rings (SSSR count). The number of carbonyl (C=O) groups is 4. The van der Waals surface area contributed by atoms with Gasteiger partial charge in [0.2, 0.25) is 12.6 Å². The van der Waals surface area contributed by atoms with Gasteiger partial charge >= 0.3 is 11.9 Å². The number of ether oxygens (including phenoxy) is 1. The van der Waals surface area contributed by atoms with Crippen LogP contribution in [0.3, 0.4) is 0 Å². The summed E-state index contributed by atoms with van der Waals surface area (Å²) in [4.78, 5) is 38.4. The minimum Gasteiger partial charge on any atom is -0.412 e. The van der Waals surface area contributed by atoms with E-state index in [2.05, 4.69) is 53.3 Å². The standard InChI is InChI=1S/C12H10.C4H2O5.2H2O/c1-3-7-11(8-4-1)12-9-5-2-6-10-12;5-1-3(7)9-4(8)2-6;;/h1-10H;1-2H;2*1H2. The molecule has 0 aromatic heterocycles. The average Bonchev–Trinajstić information content (AvgIpc) is 2.56. The minimum atomic E-state index is -1.37. The van der Waals surface area contributed by atoms with Crippen LogP contribution in [0.5, 0.6) is 0 Å². The number of carbonyl (C=O) groups excluding carboxylic acids is 4. The average molecular weight is 320 g/mol. The first-order valence-corrected chi connectivity index (χ1v) is 5.94. The Morgan fingerprint density at radius 2 is 0.957 bits per heavy atom. The van der Waals surface area contributed by atoms with Gasteiger partial charge < -0.3 is 15.7 Å². The van der Waals surface area contributed by atoms with Crippen LogP contribution in [0.1, 0.15) is 0 Å². The van der Waals surface area contributed by atoms with Crippen molar-refractivity contribution in [3.05, 3.63) is 60.7 Å². The molecule has 0 saturated carbocycles. The Bertz CT molecular complexity index is 553. The Morgan fingerprint density at radius 3 is 1.22 bits per heavy atom. The molecule has 0 spiro atoms. The lowest BCUT2D eigenvalue weighted by atomic mass is 10.1. The van der Waals surface area contributed by atoms with E-state index in [0.717, 1.165) is 0 Å². The van der Waals surface area contributed by atoms with Gasteiger partial charge in [-0.2, -0.15) is 0 Å². The van der Waals surface area contributed by atoms with Crippen LogP contribution >= 0.6 is 0 Å². The Morgan fingerprint density at radius 1 is 0.652 bits per heavy atom. The van der Waals surface area contributed by atoms with Crippen LogP contribution in [-0.2, 0) is 23.9 Å². The molecule has 0 unspecified atom stereocenters. The molecular weight excluding hydrogens is 304 g/mol. The maximum absolute atomic E-state index is 9.81. The minimum absolute atomic E-state index is 0. The van der Waals surface area contributed by atoms with Crippen molar-refractivity contribution >= 4 is 24.5 Å². The van der Waals surface area contributed by atoms with E-state index >= 15 is 0 Å². The number of esters is 2. The van der Waals surface area contributed by atoms with Gasteiger partial charge in [0.05, 0.1) is 0 Å². The van der Waals surface area contributed by atoms with Crippen molar-refractivity contribution in [1.82, 2.24) is 0 Å². The van der Waals surface area contributed by atoms with Gasteiger partial charge in [0.1, 0.15) is 0 Å². The molecule has 0 aliphatic heterocycles. The van der Waals surface area contributed by atoms with Crippen molar-refractivity contribution in [2.45, 2.75) is 0 Å². The first kappa shape index (κ1) is 22.1. The second-order valence-electron chi connectivity index (χ2n) is 3.71. The van der Waals surface area contributed by atoms with Gasteiger partial charge in [0.25, 0.3) is 0 Å². The van der Waals surface area contributed by atoms with E-state index in [1.54, 1.807) is 0 Å². The summed E-state index contributed by atoms with van der Waals surface area (Å²) in [6.45, 7) is 0. The number of rotatable bonds is 3. The molecule has 4 N–H and O–H groups in total. The normalized spacial score (nSPS) is 8.00. The summed E-state index contributed by atoms with van der Waals surface area (Å²) in [5.74, 6) is -2.74. The van der Waals surface area contributed by atoms with Crippen molar-refractivity contribution < 1.29 is 34.9 Å². The van der Waals surface area contributed by atoms with Crippen molar-refractivity contribution in [2.75, 3.05) is 0 Å². The lowest BCUT2D eigenvalue weighted by Gasteiger charge is -1.98. The lowest BCUT2D eigenvalue weighted by molar-refractivity contribution is -0.162. The smallest absolute Gasteiger partial charge is 0.379 e. The molecule has 23 heavy (non-hydrogen) atoms. The zero-order chi connectivity index (χ0) is 15.5. The molecule has 0 radical (unpaired) electrons. The maximum Gasteiger partial charge on any atom is 0.379 e. The summed E-state index contributed by atoms with van der Waals surface area (Å²) >= 11 is 0. The lowest BCUT2D eigenvalue weighted by Crippen LogP contribution is -2.13. The van der Waals surface area contributed by atoms with Gasteiger partial charge in [-0.1, -0.05) is 60.7 Å². The van der Waals surface area contributed by atoms with Gasteiger partial charge in [-0.25, -0.2) is 9.59 Å². The third-order valence-electron chi connectivity index (χ3n) is 2.27. The van der Waals surface area contributed by atoms with Crippen LogP contribution in [0.25, 0.3) is 11.1 Å². The number of hydrogen-bond donors (Lipinski definition) is 0. The van der Waals surface area contributed by atoms with E-state index in [1.807, 2.05) is 12.1 Å². The van der Waals surface area contributed by atoms with Crippen LogP contribution in [-0.4, -0.2) is 35.5 Å². The maximum atomic E-state index is 9.81. The molecule has 0 saturated heterocycles. The summed E-state index contributed by atoms with van der Waals surface area (Å²) in [7, 11) is 0. The van der Waals surface area contributed by atoms with Gasteiger partial charge in [-0.3, -0.25) is 9.59 Å². The molecule has 0 aliphatic carbocycles. The first-order chi connectivity index (χ1) is 10.2. The SMILES string of the molecule is O.O.O=CC(=O)OC(=O)C=O.c1ccc(-c2ccccc2)cc1.